The van der Waals surface area contributed by atoms with Gasteiger partial charge in [-0.05, 0) is 60.7 Å². The largest absolute Gasteiger partial charge is 0.298 e. The molecule has 1 aromatic heterocycles. The second-order valence-electron chi connectivity index (χ2n) is 7.02. The second-order valence-corrected chi connectivity index (χ2v) is 11.7. The smallest absolute Gasteiger partial charge is 0.261 e. The fraction of sp³-hybridized carbons (Fsp3) is 0.0476. The minimum Gasteiger partial charge on any atom is -0.298 e. The fourth-order valence-electron chi connectivity index (χ4n) is 2.91. The first-order chi connectivity index (χ1) is 15.5. The molecule has 4 aromatic rings. The molecule has 0 spiro atoms. The number of carbonyl (C=O) groups excluding carboxylic acids is 1. The Hall–Kier alpha value is -3.35. The molecule has 4 rings (SSSR count). The van der Waals surface area contributed by atoms with Crippen LogP contribution in [0.4, 0.5) is 15.2 Å². The van der Waals surface area contributed by atoms with Gasteiger partial charge >= 0.3 is 0 Å². The highest BCUT2D eigenvalue weighted by Gasteiger charge is 2.16. The first kappa shape index (κ1) is 22.8. The van der Waals surface area contributed by atoms with Crippen molar-refractivity contribution in [2.45, 2.75) is 9.79 Å². The number of fused-ring (bicyclic) bond motifs is 1. The lowest BCUT2D eigenvalue weighted by atomic mass is 10.2. The topological polar surface area (TPSA) is 122 Å². The minimum atomic E-state index is -3.97. The lowest BCUT2D eigenvalue weighted by molar-refractivity contribution is 0.102. The maximum atomic E-state index is 13.1. The molecule has 0 bridgehead atoms. The predicted molar refractivity (Wildman–Crippen MR) is 124 cm³/mol. The number of aromatic nitrogens is 1. The molecule has 12 heteroatoms. The molecule has 2 N–H and O–H groups in total. The van der Waals surface area contributed by atoms with Crippen LogP contribution in [0.2, 0.25) is 0 Å². The Morgan fingerprint density at radius 3 is 2.33 bits per heavy atom. The molecule has 8 nitrogen and oxygen atoms in total. The molecule has 3 aromatic carbocycles. The van der Waals surface area contributed by atoms with Gasteiger partial charge in [-0.1, -0.05) is 17.4 Å². The number of nitrogens with zero attached hydrogens (tertiary/aromatic N) is 1. The third kappa shape index (κ3) is 5.18. The number of halogens is 1. The van der Waals surface area contributed by atoms with E-state index in [1.165, 1.54) is 36.4 Å². The van der Waals surface area contributed by atoms with Crippen molar-refractivity contribution in [3.8, 4) is 0 Å². The van der Waals surface area contributed by atoms with Crippen LogP contribution in [-0.2, 0) is 19.9 Å². The number of nitrogens with one attached hydrogen (secondary N) is 2. The van der Waals surface area contributed by atoms with Crippen molar-refractivity contribution in [3.63, 3.8) is 0 Å². The molecule has 0 unspecified atom stereocenters. The number of benzene rings is 3. The van der Waals surface area contributed by atoms with Gasteiger partial charge < -0.3 is 0 Å². The molecule has 170 valence electrons. The summed E-state index contributed by atoms with van der Waals surface area (Å²) in [6.07, 6.45) is 1.11. The normalized spacial score (nSPS) is 11.9. The Bertz CT molecular complexity index is 1580. The molecular weight excluding hydrogens is 489 g/mol. The summed E-state index contributed by atoms with van der Waals surface area (Å²) in [4.78, 5) is 17.0. The quantitative estimate of drug-likeness (QED) is 0.410. The van der Waals surface area contributed by atoms with Crippen molar-refractivity contribution in [2.24, 2.45) is 0 Å². The number of sulfone groups is 1. The maximum absolute atomic E-state index is 13.1. The number of hydrogen-bond acceptors (Lipinski definition) is 7. The van der Waals surface area contributed by atoms with Crippen LogP contribution in [0, 0.1) is 5.82 Å². The van der Waals surface area contributed by atoms with Gasteiger partial charge in [0.15, 0.2) is 15.0 Å². The molecule has 0 saturated heterocycles. The molecule has 0 aliphatic heterocycles. The lowest BCUT2D eigenvalue weighted by Gasteiger charge is -2.09. The summed E-state index contributed by atoms with van der Waals surface area (Å²) in [5.74, 6) is -1.09. The Kier molecular flexibility index (Phi) is 5.91. The Morgan fingerprint density at radius 2 is 1.64 bits per heavy atom. The monoisotopic (exact) mass is 505 g/mol. The highest BCUT2D eigenvalue weighted by atomic mass is 32.2. The zero-order chi connectivity index (χ0) is 23.8. The summed E-state index contributed by atoms with van der Waals surface area (Å²) in [6, 6.07) is 14.7. The summed E-state index contributed by atoms with van der Waals surface area (Å²) in [6.45, 7) is 0. The Morgan fingerprint density at radius 1 is 0.939 bits per heavy atom. The van der Waals surface area contributed by atoms with Gasteiger partial charge in [-0.2, -0.15) is 0 Å². The van der Waals surface area contributed by atoms with Crippen LogP contribution in [-0.4, -0.2) is 34.0 Å². The van der Waals surface area contributed by atoms with Gasteiger partial charge in [0.25, 0.3) is 15.9 Å². The van der Waals surface area contributed by atoms with E-state index < -0.39 is 31.6 Å². The van der Waals surface area contributed by atoms with Crippen molar-refractivity contribution in [2.75, 3.05) is 16.3 Å². The van der Waals surface area contributed by atoms with Gasteiger partial charge in [-0.15, -0.1) is 0 Å². The zero-order valence-electron chi connectivity index (χ0n) is 16.9. The van der Waals surface area contributed by atoms with Crippen LogP contribution in [0.5, 0.6) is 0 Å². The van der Waals surface area contributed by atoms with Crippen LogP contribution in [0.25, 0.3) is 10.2 Å². The first-order valence-corrected chi connectivity index (χ1v) is 13.5. The zero-order valence-corrected chi connectivity index (χ0v) is 19.4. The van der Waals surface area contributed by atoms with Crippen molar-refractivity contribution in [1.29, 1.82) is 0 Å². The average Bonchev–Trinajstić information content (AvgIpc) is 3.14. The van der Waals surface area contributed by atoms with Crippen LogP contribution >= 0.6 is 11.3 Å². The van der Waals surface area contributed by atoms with Crippen LogP contribution in [0.15, 0.2) is 76.5 Å². The number of thiazole rings is 1. The predicted octanol–water partition coefficient (Wildman–Crippen LogP) is 3.89. The summed E-state index contributed by atoms with van der Waals surface area (Å²) >= 11 is 1.11. The molecular formula is C21H16FN3O5S3. The summed E-state index contributed by atoms with van der Waals surface area (Å²) in [5, 5.41) is 2.90. The highest BCUT2D eigenvalue weighted by molar-refractivity contribution is 7.92. The SMILES string of the molecule is CS(=O)(=O)c1ccc2nc(NC(=O)c3cccc(NS(=O)(=O)c4ccc(F)cc4)c3)sc2c1. The van der Waals surface area contributed by atoms with Crippen LogP contribution < -0.4 is 10.0 Å². The van der Waals surface area contributed by atoms with Gasteiger partial charge in [0.1, 0.15) is 5.82 Å². The van der Waals surface area contributed by atoms with Crippen molar-refractivity contribution < 1.29 is 26.0 Å². The van der Waals surface area contributed by atoms with Gasteiger partial charge in [0.2, 0.25) is 0 Å². The van der Waals surface area contributed by atoms with E-state index in [-0.39, 0.29) is 26.2 Å². The highest BCUT2D eigenvalue weighted by Crippen LogP contribution is 2.28. The van der Waals surface area contributed by atoms with Gasteiger partial charge in [0, 0.05) is 17.5 Å². The molecule has 0 aliphatic rings. The molecule has 0 saturated carbocycles. The van der Waals surface area contributed by atoms with Gasteiger partial charge in [-0.25, -0.2) is 26.2 Å². The molecule has 0 radical (unpaired) electrons. The first-order valence-electron chi connectivity index (χ1n) is 9.32. The van der Waals surface area contributed by atoms with E-state index in [1.54, 1.807) is 6.07 Å². The van der Waals surface area contributed by atoms with Crippen LogP contribution in [0.3, 0.4) is 0 Å². The minimum absolute atomic E-state index is 0.123. The van der Waals surface area contributed by atoms with E-state index in [1.807, 2.05) is 0 Å². The molecule has 0 atom stereocenters. The number of rotatable bonds is 6. The van der Waals surface area contributed by atoms with Crippen molar-refractivity contribution >= 4 is 58.1 Å². The number of anilines is 2. The summed E-state index contributed by atoms with van der Waals surface area (Å²) < 4.78 is 64.5. The third-order valence-corrected chi connectivity index (χ3v) is 7.95. The third-order valence-electron chi connectivity index (χ3n) is 4.51. The summed E-state index contributed by atoms with van der Waals surface area (Å²) in [7, 11) is -7.35. The molecule has 0 aliphatic carbocycles. The van der Waals surface area contributed by atoms with E-state index in [2.05, 4.69) is 15.0 Å². The van der Waals surface area contributed by atoms with E-state index in [0.717, 1.165) is 41.9 Å². The number of sulfonamides is 1. The molecule has 33 heavy (non-hydrogen) atoms. The lowest BCUT2D eigenvalue weighted by Crippen LogP contribution is -2.15. The fourth-order valence-corrected chi connectivity index (χ4v) is 5.58. The van der Waals surface area contributed by atoms with E-state index in [4.69, 9.17) is 0 Å². The number of amides is 1. The molecule has 0 fully saturated rings. The van der Waals surface area contributed by atoms with E-state index in [9.17, 15) is 26.0 Å². The van der Waals surface area contributed by atoms with Gasteiger partial charge in [0.05, 0.1) is 20.0 Å². The Balaban J connectivity index is 1.54. The van der Waals surface area contributed by atoms with E-state index >= 15 is 0 Å². The van der Waals surface area contributed by atoms with Crippen molar-refractivity contribution in [1.82, 2.24) is 4.98 Å². The van der Waals surface area contributed by atoms with Gasteiger partial charge in [-0.3, -0.25) is 14.8 Å². The Labute approximate surface area is 193 Å². The maximum Gasteiger partial charge on any atom is 0.261 e. The molecule has 1 amide bonds. The van der Waals surface area contributed by atoms with Crippen molar-refractivity contribution in [3.05, 3.63) is 78.1 Å². The number of hydrogen-bond donors (Lipinski definition) is 2. The van der Waals surface area contributed by atoms with E-state index in [0.29, 0.717) is 10.2 Å². The molecule has 1 heterocycles. The second kappa shape index (κ2) is 8.54. The standard InChI is InChI=1S/C21H16FN3O5S3/c1-32(27,28)17-9-10-18-19(12-17)31-21(23-18)24-20(26)13-3-2-4-15(11-13)25-33(29,30)16-7-5-14(22)6-8-16/h2-12,25H,1H3,(H,23,24,26). The average molecular weight is 506 g/mol. The summed E-state index contributed by atoms with van der Waals surface area (Å²) in [5.41, 5.74) is 0.850. The number of carbonyl (C=O) groups is 1. The van der Waals surface area contributed by atoms with Crippen LogP contribution in [0.1, 0.15) is 10.4 Å².